The summed E-state index contributed by atoms with van der Waals surface area (Å²) in [5.41, 5.74) is 8.29. The van der Waals surface area contributed by atoms with Gasteiger partial charge in [-0.3, -0.25) is 0 Å². The van der Waals surface area contributed by atoms with Gasteiger partial charge in [0.2, 0.25) is 0 Å². The van der Waals surface area contributed by atoms with Gasteiger partial charge in [-0.25, -0.2) is 0 Å². The van der Waals surface area contributed by atoms with Gasteiger partial charge >= 0.3 is 0 Å². The molecule has 1 heterocycles. The average molecular weight is 169 g/mol. The lowest BCUT2D eigenvalue weighted by Gasteiger charge is -2.35. The Balaban J connectivity index is 2.61. The van der Waals surface area contributed by atoms with Crippen molar-refractivity contribution in [1.29, 1.82) is 0 Å². The van der Waals surface area contributed by atoms with Gasteiger partial charge in [-0.05, 0) is 31.7 Å². The molecular weight excluding hydrogens is 154 g/mol. The Labute approximate surface area is 72.5 Å². The predicted octanol–water partition coefficient (Wildman–Crippen LogP) is 2.50. The summed E-state index contributed by atoms with van der Waals surface area (Å²) in [6.45, 7) is 6.14. The predicted molar refractivity (Wildman–Crippen MR) is 46.7 cm³/mol. The summed E-state index contributed by atoms with van der Waals surface area (Å²) in [5.74, 6) is 0.483. The Morgan fingerprint density at radius 1 is 1.33 bits per heavy atom. The van der Waals surface area contributed by atoms with Crippen LogP contribution in [-0.4, -0.2) is 18.2 Å². The fourth-order valence-electron chi connectivity index (χ4n) is 1.53. The van der Waals surface area contributed by atoms with Gasteiger partial charge in [-0.1, -0.05) is 12.0 Å². The SMILES string of the molecule is CC1O[C@@H](C)[C@@H](C)C[C@@H]1N=[N+]=[N-]. The van der Waals surface area contributed by atoms with Crippen molar-refractivity contribution in [3.8, 4) is 0 Å². The van der Waals surface area contributed by atoms with Gasteiger partial charge in [0.15, 0.2) is 0 Å². The quantitative estimate of drug-likeness (QED) is 0.338. The molecule has 1 fully saturated rings. The van der Waals surface area contributed by atoms with Crippen LogP contribution in [0.1, 0.15) is 27.2 Å². The summed E-state index contributed by atoms with van der Waals surface area (Å²) >= 11 is 0. The van der Waals surface area contributed by atoms with Crippen molar-refractivity contribution in [1.82, 2.24) is 0 Å². The lowest BCUT2D eigenvalue weighted by Crippen LogP contribution is -2.39. The van der Waals surface area contributed by atoms with Gasteiger partial charge in [0.1, 0.15) is 0 Å². The van der Waals surface area contributed by atoms with E-state index in [1.165, 1.54) is 0 Å². The first-order valence-electron chi connectivity index (χ1n) is 4.34. The standard InChI is InChI=1S/C8H15N3O/c1-5-4-8(10-11-9)7(3)12-6(5)2/h5-8H,4H2,1-3H3/t5-,6-,7?,8-/m0/s1. The van der Waals surface area contributed by atoms with Crippen LogP contribution in [0.5, 0.6) is 0 Å². The number of nitrogens with zero attached hydrogens (tertiary/aromatic N) is 3. The molecule has 0 spiro atoms. The third-order valence-electron chi connectivity index (χ3n) is 2.59. The molecule has 1 rings (SSSR count). The first-order chi connectivity index (χ1) is 5.65. The van der Waals surface area contributed by atoms with E-state index in [-0.39, 0.29) is 18.2 Å². The molecule has 0 aromatic heterocycles. The van der Waals surface area contributed by atoms with Crippen LogP contribution in [0.2, 0.25) is 0 Å². The van der Waals surface area contributed by atoms with Crippen LogP contribution >= 0.6 is 0 Å². The molecule has 0 aromatic rings. The number of azide groups is 1. The van der Waals surface area contributed by atoms with E-state index < -0.39 is 0 Å². The lowest BCUT2D eigenvalue weighted by atomic mass is 9.91. The zero-order valence-corrected chi connectivity index (χ0v) is 7.77. The Morgan fingerprint density at radius 3 is 2.58 bits per heavy atom. The minimum atomic E-state index is 0.0150. The third-order valence-corrected chi connectivity index (χ3v) is 2.59. The second kappa shape index (κ2) is 3.78. The largest absolute Gasteiger partial charge is 0.375 e. The molecule has 4 heteroatoms. The number of hydrogen-bond donors (Lipinski definition) is 0. The first-order valence-corrected chi connectivity index (χ1v) is 4.34. The molecule has 0 aromatic carbocycles. The van der Waals surface area contributed by atoms with Crippen LogP contribution in [0, 0.1) is 5.92 Å². The fraction of sp³-hybridized carbons (Fsp3) is 1.00. The molecular formula is C8H15N3O. The van der Waals surface area contributed by atoms with Crippen LogP contribution in [0.25, 0.3) is 10.4 Å². The molecule has 4 atom stereocenters. The van der Waals surface area contributed by atoms with Gasteiger partial charge in [-0.15, -0.1) is 0 Å². The van der Waals surface area contributed by atoms with Gasteiger partial charge in [0.05, 0.1) is 18.2 Å². The fourth-order valence-corrected chi connectivity index (χ4v) is 1.53. The van der Waals surface area contributed by atoms with Crippen LogP contribution < -0.4 is 0 Å². The van der Waals surface area contributed by atoms with Crippen LogP contribution in [0.15, 0.2) is 5.11 Å². The minimum absolute atomic E-state index is 0.0150. The average Bonchev–Trinajstić information content (AvgIpc) is 2.01. The Bertz CT molecular complexity index is 200. The zero-order chi connectivity index (χ0) is 9.14. The maximum Gasteiger partial charge on any atom is 0.0637 e. The maximum atomic E-state index is 8.29. The Morgan fingerprint density at radius 2 is 2.00 bits per heavy atom. The van der Waals surface area contributed by atoms with Crippen molar-refractivity contribution in [3.05, 3.63) is 10.4 Å². The van der Waals surface area contributed by atoms with Crippen molar-refractivity contribution >= 4 is 0 Å². The van der Waals surface area contributed by atoms with Gasteiger partial charge < -0.3 is 4.74 Å². The topological polar surface area (TPSA) is 58.0 Å². The van der Waals surface area contributed by atoms with E-state index in [1.807, 2.05) is 6.92 Å². The molecule has 0 aliphatic carbocycles. The smallest absolute Gasteiger partial charge is 0.0637 e. The van der Waals surface area contributed by atoms with Crippen molar-refractivity contribution in [2.75, 3.05) is 0 Å². The van der Waals surface area contributed by atoms with Gasteiger partial charge in [-0.2, -0.15) is 0 Å². The van der Waals surface area contributed by atoms with E-state index in [9.17, 15) is 0 Å². The summed E-state index contributed by atoms with van der Waals surface area (Å²) in [6, 6.07) is 0.0150. The highest BCUT2D eigenvalue weighted by Gasteiger charge is 2.29. The highest BCUT2D eigenvalue weighted by atomic mass is 16.5. The van der Waals surface area contributed by atoms with E-state index in [4.69, 9.17) is 10.3 Å². The summed E-state index contributed by atoms with van der Waals surface area (Å²) in [6.07, 6.45) is 1.28. The number of hydrogen-bond acceptors (Lipinski definition) is 2. The normalized spacial score (nSPS) is 41.9. The van der Waals surface area contributed by atoms with E-state index >= 15 is 0 Å². The van der Waals surface area contributed by atoms with E-state index in [1.54, 1.807) is 0 Å². The highest BCUT2D eigenvalue weighted by molar-refractivity contribution is 4.83. The molecule has 1 unspecified atom stereocenters. The summed E-state index contributed by atoms with van der Waals surface area (Å²) in [7, 11) is 0. The zero-order valence-electron chi connectivity index (χ0n) is 7.77. The third kappa shape index (κ3) is 1.90. The molecule has 1 aliphatic rings. The van der Waals surface area contributed by atoms with Crippen LogP contribution in [0.3, 0.4) is 0 Å². The molecule has 0 saturated carbocycles. The number of ether oxygens (including phenoxy) is 1. The maximum absolute atomic E-state index is 8.29. The van der Waals surface area contributed by atoms with Crippen molar-refractivity contribution in [3.63, 3.8) is 0 Å². The van der Waals surface area contributed by atoms with Gasteiger partial charge in [0.25, 0.3) is 0 Å². The molecule has 68 valence electrons. The van der Waals surface area contributed by atoms with E-state index in [0.29, 0.717) is 5.92 Å². The summed E-state index contributed by atoms with van der Waals surface area (Å²) in [4.78, 5) is 2.81. The second-order valence-corrected chi connectivity index (χ2v) is 3.53. The lowest BCUT2D eigenvalue weighted by molar-refractivity contribution is -0.0704. The molecule has 0 N–H and O–H groups in total. The molecule has 12 heavy (non-hydrogen) atoms. The summed E-state index contributed by atoms with van der Waals surface area (Å²) < 4.78 is 5.60. The Hall–Kier alpha value is -0.730. The number of rotatable bonds is 1. The molecule has 0 bridgehead atoms. The van der Waals surface area contributed by atoms with E-state index in [0.717, 1.165) is 6.42 Å². The highest BCUT2D eigenvalue weighted by Crippen LogP contribution is 2.26. The van der Waals surface area contributed by atoms with E-state index in [2.05, 4.69) is 23.9 Å². The molecule has 1 saturated heterocycles. The molecule has 0 radical (unpaired) electrons. The molecule has 0 amide bonds. The van der Waals surface area contributed by atoms with Crippen molar-refractivity contribution < 1.29 is 4.74 Å². The van der Waals surface area contributed by atoms with Crippen molar-refractivity contribution in [2.45, 2.75) is 45.4 Å². The van der Waals surface area contributed by atoms with Crippen LogP contribution in [-0.2, 0) is 4.74 Å². The van der Waals surface area contributed by atoms with Crippen LogP contribution in [0.4, 0.5) is 0 Å². The first kappa shape index (κ1) is 9.36. The monoisotopic (exact) mass is 169 g/mol. The Kier molecular flexibility index (Phi) is 2.95. The van der Waals surface area contributed by atoms with Gasteiger partial charge in [0, 0.05) is 4.91 Å². The molecule has 1 aliphatic heterocycles. The summed E-state index contributed by atoms with van der Waals surface area (Å²) in [5, 5.41) is 3.71. The minimum Gasteiger partial charge on any atom is -0.375 e. The molecule has 4 nitrogen and oxygen atoms in total. The van der Waals surface area contributed by atoms with Crippen molar-refractivity contribution in [2.24, 2.45) is 11.0 Å². The second-order valence-electron chi connectivity index (χ2n) is 3.53.